The molecule has 1 aliphatic heterocycles. The Morgan fingerprint density at radius 3 is 2.37 bits per heavy atom. The Labute approximate surface area is 181 Å². The van der Waals surface area contributed by atoms with Crippen LogP contribution in [0.5, 0.6) is 0 Å². The molecule has 10 heteroatoms. The number of fused-ring (bicyclic) bond motifs is 1. The maximum Gasteiger partial charge on any atom is 1.00 e. The van der Waals surface area contributed by atoms with Crippen molar-refractivity contribution in [3.63, 3.8) is 0 Å². The first-order valence-corrected chi connectivity index (χ1v) is 8.23. The summed E-state index contributed by atoms with van der Waals surface area (Å²) in [7, 11) is 0. The second kappa shape index (κ2) is 11.1. The summed E-state index contributed by atoms with van der Waals surface area (Å²) in [5.41, 5.74) is 3.02. The molecule has 0 unspecified atom stereocenters. The molecule has 0 radical (unpaired) electrons. The molecule has 0 fully saturated rings. The van der Waals surface area contributed by atoms with Gasteiger partial charge in [0.1, 0.15) is 0 Å². The molecule has 1 heterocycles. The summed E-state index contributed by atoms with van der Waals surface area (Å²) >= 11 is 1.07. The van der Waals surface area contributed by atoms with E-state index in [0.717, 1.165) is 11.8 Å². The third-order valence-electron chi connectivity index (χ3n) is 3.62. The van der Waals surface area contributed by atoms with Crippen molar-refractivity contribution in [2.24, 2.45) is 0 Å². The van der Waals surface area contributed by atoms with Crippen LogP contribution in [0.2, 0.25) is 0 Å². The Hall–Kier alpha value is -1.88. The minimum atomic E-state index is -1.20. The van der Waals surface area contributed by atoms with E-state index in [2.05, 4.69) is 0 Å². The normalized spacial score (nSPS) is 9.63. The van der Waals surface area contributed by atoms with E-state index in [1.54, 1.807) is 18.2 Å². The number of nitro groups is 1. The SMILES string of the molecule is O.O.O=C([O-])CSCc1c2ccocc-2c(-c2ccccc2)c1[N+](=O)[O-].[Na+]. The van der Waals surface area contributed by atoms with Gasteiger partial charge in [0.25, 0.3) is 5.69 Å². The van der Waals surface area contributed by atoms with E-state index in [1.165, 1.54) is 12.5 Å². The second-order valence-corrected chi connectivity index (χ2v) is 6.06. The zero-order valence-electron chi connectivity index (χ0n) is 14.4. The summed E-state index contributed by atoms with van der Waals surface area (Å²) in [6, 6.07) is 10.7. The molecule has 1 aromatic rings. The number of aliphatic carboxylic acids is 1. The fourth-order valence-electron chi connectivity index (χ4n) is 2.71. The Morgan fingerprint density at radius 2 is 1.78 bits per heavy atom. The zero-order valence-corrected chi connectivity index (χ0v) is 17.2. The Bertz CT molecular complexity index is 869. The average Bonchev–Trinajstić information content (AvgIpc) is 2.90. The number of benzene rings is 1. The molecule has 4 N–H and O–H groups in total. The van der Waals surface area contributed by atoms with Gasteiger partial charge in [-0.1, -0.05) is 30.3 Å². The number of carboxylic acid groups (broad SMARTS) is 1. The molecule has 0 aromatic heterocycles. The zero-order chi connectivity index (χ0) is 17.1. The van der Waals surface area contributed by atoms with Crippen LogP contribution in [0.1, 0.15) is 5.56 Å². The molecule has 3 rings (SSSR count). The Kier molecular flexibility index (Phi) is 10.3. The molecule has 0 bridgehead atoms. The van der Waals surface area contributed by atoms with Crippen molar-refractivity contribution in [1.82, 2.24) is 0 Å². The number of carboxylic acids is 1. The van der Waals surface area contributed by atoms with Gasteiger partial charge in [0.2, 0.25) is 0 Å². The number of nitrogens with zero attached hydrogens (tertiary/aromatic N) is 1. The fraction of sp³-hybridized carbons (Fsp3) is 0.118. The van der Waals surface area contributed by atoms with Crippen molar-refractivity contribution in [2.75, 3.05) is 5.75 Å². The molecule has 1 aromatic carbocycles. The summed E-state index contributed by atoms with van der Waals surface area (Å²) in [5.74, 6) is -1.21. The first kappa shape index (κ1) is 25.1. The molecule has 0 spiro atoms. The number of carbonyl (C=O) groups is 1. The van der Waals surface area contributed by atoms with E-state index in [1.807, 2.05) is 18.2 Å². The van der Waals surface area contributed by atoms with Crippen molar-refractivity contribution >= 4 is 23.4 Å². The molecule has 0 saturated heterocycles. The fourth-order valence-corrected chi connectivity index (χ4v) is 3.48. The molecule has 0 atom stereocenters. The van der Waals surface area contributed by atoms with Crippen molar-refractivity contribution in [1.29, 1.82) is 0 Å². The minimum absolute atomic E-state index is 0. The maximum atomic E-state index is 11.7. The van der Waals surface area contributed by atoms with Crippen LogP contribution in [-0.4, -0.2) is 27.6 Å². The smallest absolute Gasteiger partial charge is 0.549 e. The van der Waals surface area contributed by atoms with Crippen LogP contribution in [0, 0.1) is 10.1 Å². The summed E-state index contributed by atoms with van der Waals surface area (Å²) in [6.07, 6.45) is 2.94. The van der Waals surface area contributed by atoms with E-state index < -0.39 is 10.9 Å². The molecule has 0 saturated carbocycles. The van der Waals surface area contributed by atoms with Crippen LogP contribution in [-0.2, 0) is 10.5 Å². The van der Waals surface area contributed by atoms with Gasteiger partial charge in [0, 0.05) is 22.6 Å². The Morgan fingerprint density at radius 1 is 1.11 bits per heavy atom. The van der Waals surface area contributed by atoms with Crippen LogP contribution < -0.4 is 34.7 Å². The molecule has 138 valence electrons. The van der Waals surface area contributed by atoms with Gasteiger partial charge in [-0.2, -0.15) is 11.8 Å². The van der Waals surface area contributed by atoms with Gasteiger partial charge in [-0.25, -0.2) is 0 Å². The van der Waals surface area contributed by atoms with Gasteiger partial charge in [0.15, 0.2) is 0 Å². The molecular formula is C17H16NNaO7S. The first-order valence-electron chi connectivity index (χ1n) is 7.07. The van der Waals surface area contributed by atoms with E-state index in [4.69, 9.17) is 4.42 Å². The third kappa shape index (κ3) is 5.32. The molecular weight excluding hydrogens is 385 g/mol. The minimum Gasteiger partial charge on any atom is -0.549 e. The van der Waals surface area contributed by atoms with E-state index >= 15 is 0 Å². The molecule has 1 aliphatic carbocycles. The van der Waals surface area contributed by atoms with E-state index in [9.17, 15) is 20.0 Å². The van der Waals surface area contributed by atoms with Crippen molar-refractivity contribution in [3.8, 4) is 22.3 Å². The summed E-state index contributed by atoms with van der Waals surface area (Å²) < 4.78 is 5.21. The monoisotopic (exact) mass is 401 g/mol. The van der Waals surface area contributed by atoms with Gasteiger partial charge in [-0.3, -0.25) is 10.1 Å². The van der Waals surface area contributed by atoms with Crippen LogP contribution >= 0.6 is 11.8 Å². The van der Waals surface area contributed by atoms with E-state index in [0.29, 0.717) is 27.8 Å². The van der Waals surface area contributed by atoms with Gasteiger partial charge in [-0.05, 0) is 17.2 Å². The number of rotatable bonds is 6. The maximum absolute atomic E-state index is 11.7. The quantitative estimate of drug-likeness (QED) is 0.272. The summed E-state index contributed by atoms with van der Waals surface area (Å²) in [4.78, 5) is 21.9. The van der Waals surface area contributed by atoms with Crippen molar-refractivity contribution in [3.05, 3.63) is 64.6 Å². The van der Waals surface area contributed by atoms with Crippen LogP contribution in [0.4, 0.5) is 5.69 Å². The predicted molar refractivity (Wildman–Crippen MR) is 95.8 cm³/mol. The van der Waals surface area contributed by atoms with E-state index in [-0.39, 0.29) is 57.7 Å². The molecule has 27 heavy (non-hydrogen) atoms. The van der Waals surface area contributed by atoms with Crippen LogP contribution in [0.3, 0.4) is 0 Å². The Balaban J connectivity index is 0.00000225. The molecule has 8 nitrogen and oxygen atoms in total. The van der Waals surface area contributed by atoms with Gasteiger partial charge in [0.05, 0.1) is 29.0 Å². The van der Waals surface area contributed by atoms with Crippen molar-refractivity contribution < 1.29 is 59.8 Å². The number of hydrogen-bond acceptors (Lipinski definition) is 6. The number of thioether (sulfide) groups is 1. The van der Waals surface area contributed by atoms with Crippen molar-refractivity contribution in [2.45, 2.75) is 5.75 Å². The van der Waals surface area contributed by atoms with Crippen LogP contribution in [0.25, 0.3) is 22.3 Å². The third-order valence-corrected chi connectivity index (χ3v) is 4.55. The van der Waals surface area contributed by atoms with Gasteiger partial charge >= 0.3 is 29.6 Å². The first-order chi connectivity index (χ1) is 11.6. The number of hydrogen-bond donors (Lipinski definition) is 0. The second-order valence-electron chi connectivity index (χ2n) is 5.07. The van der Waals surface area contributed by atoms with Crippen LogP contribution in [0.15, 0.2) is 53.3 Å². The molecule has 0 amide bonds. The summed E-state index contributed by atoms with van der Waals surface area (Å²) in [6.45, 7) is 0. The largest absolute Gasteiger partial charge is 1.00 e. The standard InChI is InChI=1S/C17H13NO5S.Na.2H2O/c19-15(20)10-24-9-14-12-6-7-23-8-13(12)16(17(14)18(21)22)11-4-2-1-3-5-11;;;/h1-8H,9-10H2,(H,19,20);;2*1H2/q;+1;;/p-1. The summed E-state index contributed by atoms with van der Waals surface area (Å²) in [5, 5.41) is 22.3. The topological polar surface area (TPSA) is 159 Å². The molecule has 2 aliphatic rings. The number of carbonyl (C=O) groups excluding carboxylic acids is 1. The van der Waals surface area contributed by atoms with Gasteiger partial charge < -0.3 is 25.3 Å². The average molecular weight is 401 g/mol. The van der Waals surface area contributed by atoms with Gasteiger partial charge in [-0.15, -0.1) is 0 Å². The predicted octanol–water partition coefficient (Wildman–Crippen LogP) is -1.70.